The van der Waals surface area contributed by atoms with Crippen LogP contribution in [0.4, 0.5) is 0 Å². The Morgan fingerprint density at radius 3 is 2.56 bits per heavy atom. The van der Waals surface area contributed by atoms with Gasteiger partial charge >= 0.3 is 0 Å². The van der Waals surface area contributed by atoms with Crippen LogP contribution in [0.25, 0.3) is 6.08 Å². The van der Waals surface area contributed by atoms with E-state index in [1.807, 2.05) is 12.1 Å². The third-order valence-electron chi connectivity index (χ3n) is 2.44. The van der Waals surface area contributed by atoms with E-state index in [2.05, 4.69) is 15.9 Å². The molecule has 1 fully saturated rings. The van der Waals surface area contributed by atoms with Gasteiger partial charge in [-0.05, 0) is 46.6 Å². The summed E-state index contributed by atoms with van der Waals surface area (Å²) >= 11 is 9.05. The molecule has 2 nitrogen and oxygen atoms in total. The Morgan fingerprint density at radius 2 is 2.06 bits per heavy atom. The zero-order chi connectivity index (χ0) is 11.8. The number of epoxide rings is 1. The number of carbonyl (C=O) groups excluding carboxylic acids is 1. The molecule has 16 heavy (non-hydrogen) atoms. The highest BCUT2D eigenvalue weighted by molar-refractivity contribution is 9.12. The summed E-state index contributed by atoms with van der Waals surface area (Å²) in [5, 5.41) is 0.678. The quantitative estimate of drug-likeness (QED) is 0.632. The van der Waals surface area contributed by atoms with Crippen LogP contribution < -0.4 is 0 Å². The lowest BCUT2D eigenvalue weighted by atomic mass is 10.1. The molecule has 0 aliphatic carbocycles. The second-order valence-corrected chi connectivity index (χ2v) is 5.18. The summed E-state index contributed by atoms with van der Waals surface area (Å²) < 4.78 is 5.62. The number of halogens is 2. The molecule has 1 heterocycles. The van der Waals surface area contributed by atoms with Gasteiger partial charge in [0.2, 0.25) is 5.78 Å². The molecule has 1 aliphatic rings. The maximum absolute atomic E-state index is 11.8. The van der Waals surface area contributed by atoms with Crippen molar-refractivity contribution in [2.45, 2.75) is 12.5 Å². The van der Waals surface area contributed by atoms with E-state index in [-0.39, 0.29) is 5.78 Å². The van der Waals surface area contributed by atoms with Crippen molar-refractivity contribution in [1.29, 1.82) is 0 Å². The Hall–Kier alpha value is -0.640. The third kappa shape index (κ3) is 2.54. The molecule has 0 amide bonds. The van der Waals surface area contributed by atoms with E-state index < -0.39 is 5.60 Å². The molecule has 0 N–H and O–H groups in total. The smallest absolute Gasteiger partial charge is 0.203 e. The fourth-order valence-electron chi connectivity index (χ4n) is 1.26. The average Bonchev–Trinajstić information content (AvgIpc) is 3.00. The highest BCUT2D eigenvalue weighted by atomic mass is 79.9. The predicted molar refractivity (Wildman–Crippen MR) is 67.7 cm³/mol. The van der Waals surface area contributed by atoms with Gasteiger partial charge in [-0.2, -0.15) is 0 Å². The number of rotatable bonds is 3. The molecule has 1 aromatic carbocycles. The highest BCUT2D eigenvalue weighted by Gasteiger charge is 2.47. The summed E-state index contributed by atoms with van der Waals surface area (Å²) in [5.41, 5.74) is 0.302. The Morgan fingerprint density at radius 1 is 1.50 bits per heavy atom. The minimum atomic E-state index is -0.623. The fourth-order valence-corrected chi connectivity index (χ4v) is 2.07. The van der Waals surface area contributed by atoms with Gasteiger partial charge in [-0.15, -0.1) is 0 Å². The summed E-state index contributed by atoms with van der Waals surface area (Å²) in [6.07, 6.45) is 1.77. The summed E-state index contributed by atoms with van der Waals surface area (Å²) in [6, 6.07) is 7.28. The lowest BCUT2D eigenvalue weighted by Crippen LogP contribution is -2.19. The van der Waals surface area contributed by atoms with Crippen molar-refractivity contribution >= 4 is 39.4 Å². The zero-order valence-electron chi connectivity index (χ0n) is 8.67. The molecule has 0 bridgehead atoms. The van der Waals surface area contributed by atoms with Gasteiger partial charge in [0.1, 0.15) is 0 Å². The molecule has 4 heteroatoms. The Labute approximate surface area is 107 Å². The first-order chi connectivity index (χ1) is 7.51. The number of Topliss-reactive ketones (excluding diaryl/α,β-unsaturated/α-hetero) is 1. The van der Waals surface area contributed by atoms with Gasteiger partial charge in [0.25, 0.3) is 0 Å². The number of hydrogen-bond donors (Lipinski definition) is 0. The van der Waals surface area contributed by atoms with Crippen molar-refractivity contribution in [3.05, 3.63) is 39.3 Å². The van der Waals surface area contributed by atoms with Crippen LogP contribution in [0.15, 0.2) is 28.7 Å². The van der Waals surface area contributed by atoms with Gasteiger partial charge < -0.3 is 4.74 Å². The van der Waals surface area contributed by atoms with E-state index in [0.29, 0.717) is 16.1 Å². The first kappa shape index (κ1) is 11.8. The number of hydrogen-bond acceptors (Lipinski definition) is 2. The monoisotopic (exact) mass is 300 g/mol. The maximum Gasteiger partial charge on any atom is 0.203 e. The second kappa shape index (κ2) is 4.32. The predicted octanol–water partition coefficient (Wildman–Crippen LogP) is 3.43. The first-order valence-electron chi connectivity index (χ1n) is 4.83. The van der Waals surface area contributed by atoms with Crippen LogP contribution in [0.2, 0.25) is 5.02 Å². The summed E-state index contributed by atoms with van der Waals surface area (Å²) in [7, 11) is 0. The van der Waals surface area contributed by atoms with Crippen LogP contribution >= 0.6 is 27.5 Å². The van der Waals surface area contributed by atoms with Crippen LogP contribution in [0.5, 0.6) is 0 Å². The van der Waals surface area contributed by atoms with Crippen molar-refractivity contribution in [3.63, 3.8) is 0 Å². The van der Waals surface area contributed by atoms with Crippen molar-refractivity contribution in [2.75, 3.05) is 6.61 Å². The molecule has 0 radical (unpaired) electrons. The van der Waals surface area contributed by atoms with Crippen molar-refractivity contribution in [3.8, 4) is 0 Å². The summed E-state index contributed by atoms with van der Waals surface area (Å²) in [5.74, 6) is -0.0255. The largest absolute Gasteiger partial charge is 0.361 e. The van der Waals surface area contributed by atoms with Gasteiger partial charge in [-0.25, -0.2) is 0 Å². The minimum Gasteiger partial charge on any atom is -0.361 e. The number of carbonyl (C=O) groups is 1. The molecule has 2 rings (SSSR count). The lowest BCUT2D eigenvalue weighted by molar-refractivity contribution is -0.119. The summed E-state index contributed by atoms with van der Waals surface area (Å²) in [4.78, 5) is 11.8. The van der Waals surface area contributed by atoms with Crippen LogP contribution in [-0.4, -0.2) is 18.0 Å². The van der Waals surface area contributed by atoms with E-state index in [1.165, 1.54) is 0 Å². The van der Waals surface area contributed by atoms with Crippen LogP contribution in [0, 0.1) is 0 Å². The van der Waals surface area contributed by atoms with Gasteiger partial charge in [-0.1, -0.05) is 23.7 Å². The number of ketones is 1. The molecule has 84 valence electrons. The molecule has 1 unspecified atom stereocenters. The average molecular weight is 302 g/mol. The molecule has 0 aromatic heterocycles. The van der Waals surface area contributed by atoms with Crippen LogP contribution in [0.1, 0.15) is 12.5 Å². The van der Waals surface area contributed by atoms with Crippen molar-refractivity contribution < 1.29 is 9.53 Å². The Kier molecular flexibility index (Phi) is 3.19. The molecule has 1 atom stereocenters. The minimum absolute atomic E-state index is 0.0255. The molecule has 1 aromatic rings. The molecule has 1 saturated heterocycles. The van der Waals surface area contributed by atoms with E-state index in [0.717, 1.165) is 5.56 Å². The second-order valence-electron chi connectivity index (χ2n) is 3.89. The molecule has 0 saturated carbocycles. The third-order valence-corrected chi connectivity index (χ3v) is 3.28. The Bertz CT molecular complexity index is 447. The standard InChI is InChI=1S/C12H10BrClO2/c1-12(7-16-12)11(15)10(13)6-8-2-4-9(14)5-3-8/h2-6H,7H2,1H3/b10-6-. The van der Waals surface area contributed by atoms with Crippen molar-refractivity contribution in [1.82, 2.24) is 0 Å². The number of benzene rings is 1. The highest BCUT2D eigenvalue weighted by Crippen LogP contribution is 2.32. The SMILES string of the molecule is CC1(C(=O)/C(Br)=C/c2ccc(Cl)cc2)CO1. The van der Waals surface area contributed by atoms with Gasteiger partial charge in [-0.3, -0.25) is 4.79 Å². The van der Waals surface area contributed by atoms with Crippen molar-refractivity contribution in [2.24, 2.45) is 0 Å². The first-order valence-corrected chi connectivity index (χ1v) is 6.00. The van der Waals surface area contributed by atoms with Crippen LogP contribution in [0.3, 0.4) is 0 Å². The topological polar surface area (TPSA) is 29.6 Å². The van der Waals surface area contributed by atoms with Crippen LogP contribution in [-0.2, 0) is 9.53 Å². The molecular formula is C12H10BrClO2. The maximum atomic E-state index is 11.8. The van der Waals surface area contributed by atoms with Gasteiger partial charge in [0.15, 0.2) is 5.60 Å². The molecule has 0 spiro atoms. The Balaban J connectivity index is 2.17. The van der Waals surface area contributed by atoms with Gasteiger partial charge in [0, 0.05) is 5.02 Å². The van der Waals surface area contributed by atoms with E-state index in [1.54, 1.807) is 25.1 Å². The fraction of sp³-hybridized carbons (Fsp3) is 0.250. The van der Waals surface area contributed by atoms with E-state index >= 15 is 0 Å². The zero-order valence-corrected chi connectivity index (χ0v) is 11.0. The van der Waals surface area contributed by atoms with Gasteiger partial charge in [0.05, 0.1) is 11.1 Å². The molecular weight excluding hydrogens is 291 g/mol. The van der Waals surface area contributed by atoms with E-state index in [4.69, 9.17) is 16.3 Å². The molecule has 1 aliphatic heterocycles. The number of ether oxygens (including phenoxy) is 1. The van der Waals surface area contributed by atoms with E-state index in [9.17, 15) is 4.79 Å². The summed E-state index contributed by atoms with van der Waals surface area (Å²) in [6.45, 7) is 2.28. The lowest BCUT2D eigenvalue weighted by Gasteiger charge is -2.02. The normalized spacial score (nSPS) is 24.3.